The summed E-state index contributed by atoms with van der Waals surface area (Å²) >= 11 is 1.76. The largest absolute Gasteiger partial charge is 0.322 e. The zero-order valence-electron chi connectivity index (χ0n) is 9.34. The molecule has 0 aliphatic rings. The first-order chi connectivity index (χ1) is 6.69. The minimum atomic E-state index is 0.152. The monoisotopic (exact) mass is 212 g/mol. The molecule has 80 valence electrons. The van der Waals surface area contributed by atoms with Crippen molar-refractivity contribution >= 4 is 11.3 Å². The van der Waals surface area contributed by atoms with Gasteiger partial charge in [-0.2, -0.15) is 0 Å². The Hall–Kier alpha value is -0.410. The number of unbranched alkanes of at least 4 members (excludes halogenated alkanes) is 1. The van der Waals surface area contributed by atoms with Crippen molar-refractivity contribution in [3.8, 4) is 0 Å². The highest BCUT2D eigenvalue weighted by molar-refractivity contribution is 7.11. The van der Waals surface area contributed by atoms with Crippen LogP contribution in [-0.2, 0) is 6.42 Å². The average Bonchev–Trinajstić information content (AvgIpc) is 2.56. The fourth-order valence-electron chi connectivity index (χ4n) is 1.48. The quantitative estimate of drug-likeness (QED) is 0.814. The summed E-state index contributed by atoms with van der Waals surface area (Å²) in [6, 6.07) is 0.152. The van der Waals surface area contributed by atoms with E-state index in [1.807, 2.05) is 0 Å². The summed E-state index contributed by atoms with van der Waals surface area (Å²) in [6.45, 7) is 6.47. The summed E-state index contributed by atoms with van der Waals surface area (Å²) in [6.07, 6.45) is 4.48. The molecule has 0 amide bonds. The van der Waals surface area contributed by atoms with Crippen molar-refractivity contribution in [3.05, 3.63) is 15.6 Å². The van der Waals surface area contributed by atoms with Gasteiger partial charge in [0.2, 0.25) is 0 Å². The van der Waals surface area contributed by atoms with Gasteiger partial charge in [0.15, 0.2) is 0 Å². The van der Waals surface area contributed by atoms with Crippen LogP contribution < -0.4 is 5.73 Å². The molecule has 1 heterocycles. The zero-order chi connectivity index (χ0) is 10.6. The topological polar surface area (TPSA) is 38.9 Å². The van der Waals surface area contributed by atoms with Gasteiger partial charge < -0.3 is 5.73 Å². The van der Waals surface area contributed by atoms with Gasteiger partial charge in [-0.05, 0) is 19.8 Å². The second-order valence-electron chi connectivity index (χ2n) is 3.66. The molecule has 3 heteroatoms. The molecule has 14 heavy (non-hydrogen) atoms. The van der Waals surface area contributed by atoms with Gasteiger partial charge in [-0.15, -0.1) is 11.3 Å². The molecule has 0 saturated carbocycles. The molecule has 1 atom stereocenters. The molecule has 1 rings (SSSR count). The van der Waals surface area contributed by atoms with E-state index in [0.29, 0.717) is 0 Å². The van der Waals surface area contributed by atoms with Crippen LogP contribution in [0.15, 0.2) is 0 Å². The highest BCUT2D eigenvalue weighted by atomic mass is 32.1. The SMILES string of the molecule is CCCCC(N)c1nc(CC)c(C)s1. The Balaban J connectivity index is 2.65. The molecule has 0 saturated heterocycles. The van der Waals surface area contributed by atoms with E-state index in [9.17, 15) is 0 Å². The number of hydrogen-bond acceptors (Lipinski definition) is 3. The van der Waals surface area contributed by atoms with Crippen LogP contribution in [0.5, 0.6) is 0 Å². The maximum atomic E-state index is 6.07. The van der Waals surface area contributed by atoms with Gasteiger partial charge >= 0.3 is 0 Å². The van der Waals surface area contributed by atoms with Gasteiger partial charge in [-0.3, -0.25) is 0 Å². The lowest BCUT2D eigenvalue weighted by Gasteiger charge is -2.06. The molecule has 0 fully saturated rings. The molecular formula is C11H20N2S. The van der Waals surface area contributed by atoms with E-state index in [1.54, 1.807) is 11.3 Å². The van der Waals surface area contributed by atoms with Gasteiger partial charge in [0.1, 0.15) is 5.01 Å². The number of thiazole rings is 1. The van der Waals surface area contributed by atoms with Gasteiger partial charge in [-0.25, -0.2) is 4.98 Å². The number of nitrogens with zero attached hydrogens (tertiary/aromatic N) is 1. The van der Waals surface area contributed by atoms with Crippen LogP contribution in [-0.4, -0.2) is 4.98 Å². The Morgan fingerprint density at radius 1 is 1.43 bits per heavy atom. The Morgan fingerprint density at radius 3 is 2.64 bits per heavy atom. The third kappa shape index (κ3) is 2.79. The Morgan fingerprint density at radius 2 is 2.14 bits per heavy atom. The van der Waals surface area contributed by atoms with Crippen molar-refractivity contribution in [2.24, 2.45) is 5.73 Å². The minimum absolute atomic E-state index is 0.152. The molecule has 1 aromatic rings. The van der Waals surface area contributed by atoms with Crippen molar-refractivity contribution in [1.29, 1.82) is 0 Å². The van der Waals surface area contributed by atoms with E-state index < -0.39 is 0 Å². The maximum Gasteiger partial charge on any atom is 0.110 e. The third-order valence-corrected chi connectivity index (χ3v) is 3.57. The molecule has 0 aliphatic carbocycles. The number of hydrogen-bond donors (Lipinski definition) is 1. The molecule has 0 aliphatic heterocycles. The first-order valence-corrected chi connectivity index (χ1v) is 6.22. The molecule has 1 unspecified atom stereocenters. The highest BCUT2D eigenvalue weighted by Crippen LogP contribution is 2.25. The van der Waals surface area contributed by atoms with Crippen molar-refractivity contribution in [2.45, 2.75) is 52.5 Å². The number of rotatable bonds is 5. The molecule has 1 aromatic heterocycles. The predicted octanol–water partition coefficient (Wildman–Crippen LogP) is 3.20. The first kappa shape index (κ1) is 11.7. The average molecular weight is 212 g/mol. The molecule has 0 spiro atoms. The molecule has 0 bridgehead atoms. The molecular weight excluding hydrogens is 192 g/mol. The van der Waals surface area contributed by atoms with E-state index in [0.717, 1.165) is 17.8 Å². The Labute approximate surface area is 90.6 Å². The van der Waals surface area contributed by atoms with E-state index in [4.69, 9.17) is 5.73 Å². The summed E-state index contributed by atoms with van der Waals surface area (Å²) in [5.74, 6) is 0. The second-order valence-corrected chi connectivity index (χ2v) is 4.89. The fraction of sp³-hybridized carbons (Fsp3) is 0.727. The lowest BCUT2D eigenvalue weighted by molar-refractivity contribution is 0.599. The van der Waals surface area contributed by atoms with Crippen molar-refractivity contribution in [3.63, 3.8) is 0 Å². The zero-order valence-corrected chi connectivity index (χ0v) is 10.2. The Bertz CT molecular complexity index is 281. The number of aromatic nitrogens is 1. The molecule has 2 nitrogen and oxygen atoms in total. The Kier molecular flexibility index (Phi) is 4.55. The summed E-state index contributed by atoms with van der Waals surface area (Å²) in [4.78, 5) is 5.90. The van der Waals surface area contributed by atoms with Crippen molar-refractivity contribution in [1.82, 2.24) is 4.98 Å². The van der Waals surface area contributed by atoms with Crippen LogP contribution in [0.2, 0.25) is 0 Å². The maximum absolute atomic E-state index is 6.07. The smallest absolute Gasteiger partial charge is 0.110 e. The fourth-order valence-corrected chi connectivity index (χ4v) is 2.53. The van der Waals surface area contributed by atoms with Gasteiger partial charge in [0, 0.05) is 4.88 Å². The third-order valence-electron chi connectivity index (χ3n) is 2.43. The number of aryl methyl sites for hydroxylation is 2. The van der Waals surface area contributed by atoms with Crippen LogP contribution >= 0.6 is 11.3 Å². The van der Waals surface area contributed by atoms with Gasteiger partial charge in [0.05, 0.1) is 11.7 Å². The minimum Gasteiger partial charge on any atom is -0.322 e. The summed E-state index contributed by atoms with van der Waals surface area (Å²) < 4.78 is 0. The molecule has 0 radical (unpaired) electrons. The van der Waals surface area contributed by atoms with E-state index in [2.05, 4.69) is 25.8 Å². The highest BCUT2D eigenvalue weighted by Gasteiger charge is 2.12. The molecule has 0 aromatic carbocycles. The van der Waals surface area contributed by atoms with Gasteiger partial charge in [0.25, 0.3) is 0 Å². The van der Waals surface area contributed by atoms with Crippen LogP contribution in [0.1, 0.15) is 54.7 Å². The van der Waals surface area contributed by atoms with Crippen molar-refractivity contribution < 1.29 is 0 Å². The van der Waals surface area contributed by atoms with E-state index in [1.165, 1.54) is 23.4 Å². The second kappa shape index (κ2) is 5.47. The normalized spacial score (nSPS) is 13.1. The summed E-state index contributed by atoms with van der Waals surface area (Å²) in [5.41, 5.74) is 7.29. The summed E-state index contributed by atoms with van der Waals surface area (Å²) in [5, 5.41) is 1.12. The standard InChI is InChI=1S/C11H20N2S/c1-4-6-7-9(12)11-13-10(5-2)8(3)14-11/h9H,4-7,12H2,1-3H3. The van der Waals surface area contributed by atoms with Crippen molar-refractivity contribution in [2.75, 3.05) is 0 Å². The summed E-state index contributed by atoms with van der Waals surface area (Å²) in [7, 11) is 0. The van der Waals surface area contributed by atoms with Gasteiger partial charge in [-0.1, -0.05) is 26.7 Å². The van der Waals surface area contributed by atoms with Crippen LogP contribution in [0, 0.1) is 6.92 Å². The molecule has 2 N–H and O–H groups in total. The van der Waals surface area contributed by atoms with Crippen LogP contribution in [0.4, 0.5) is 0 Å². The van der Waals surface area contributed by atoms with E-state index in [-0.39, 0.29) is 6.04 Å². The van der Waals surface area contributed by atoms with Crippen LogP contribution in [0.25, 0.3) is 0 Å². The lowest BCUT2D eigenvalue weighted by atomic mass is 10.1. The first-order valence-electron chi connectivity index (χ1n) is 5.40. The number of nitrogens with two attached hydrogens (primary N) is 1. The van der Waals surface area contributed by atoms with E-state index >= 15 is 0 Å². The van der Waals surface area contributed by atoms with Crippen LogP contribution in [0.3, 0.4) is 0 Å². The predicted molar refractivity (Wildman–Crippen MR) is 62.7 cm³/mol. The lowest BCUT2D eigenvalue weighted by Crippen LogP contribution is -2.09.